The van der Waals surface area contributed by atoms with Crippen molar-refractivity contribution in [3.63, 3.8) is 0 Å². The molecule has 4 nitrogen and oxygen atoms in total. The highest BCUT2D eigenvalue weighted by molar-refractivity contribution is 5.95. The van der Waals surface area contributed by atoms with Gasteiger partial charge in [0.15, 0.2) is 11.6 Å². The number of nitrogens with zero attached hydrogens (tertiary/aromatic N) is 1. The van der Waals surface area contributed by atoms with E-state index < -0.39 is 47.3 Å². The van der Waals surface area contributed by atoms with Gasteiger partial charge in [0, 0.05) is 19.2 Å². The number of likely N-dealkylation sites (tertiary alicyclic amines) is 1. The van der Waals surface area contributed by atoms with Gasteiger partial charge in [0.25, 0.3) is 0 Å². The Balaban J connectivity index is 1.96. The standard InChI is InChI=1S/C18H21F4NO3/c1-18(2,3)10-4-6-23(7-5-10)13(24)9-14(25)26-17-15(21)11(19)8-12(20)16(17)22/h8,10H,4-7,9H2,1-3H3. The van der Waals surface area contributed by atoms with Gasteiger partial charge in [-0.25, -0.2) is 8.78 Å². The lowest BCUT2D eigenvalue weighted by Gasteiger charge is -2.38. The first-order valence-electron chi connectivity index (χ1n) is 8.32. The molecule has 1 heterocycles. The number of hydrogen-bond donors (Lipinski definition) is 0. The average molecular weight is 375 g/mol. The van der Waals surface area contributed by atoms with Crippen molar-refractivity contribution in [1.82, 2.24) is 4.90 Å². The number of halogens is 4. The number of esters is 1. The molecule has 0 atom stereocenters. The van der Waals surface area contributed by atoms with E-state index in [1.54, 1.807) is 0 Å². The number of benzene rings is 1. The van der Waals surface area contributed by atoms with Gasteiger partial charge in [-0.05, 0) is 24.2 Å². The largest absolute Gasteiger partial charge is 0.420 e. The normalized spacial score (nSPS) is 15.9. The van der Waals surface area contributed by atoms with Gasteiger partial charge in [-0.1, -0.05) is 20.8 Å². The minimum absolute atomic E-state index is 0.00648. The Bertz CT molecular complexity index is 681. The molecule has 0 bridgehead atoms. The lowest BCUT2D eigenvalue weighted by atomic mass is 9.75. The minimum Gasteiger partial charge on any atom is -0.420 e. The number of amides is 1. The first-order valence-corrected chi connectivity index (χ1v) is 8.32. The zero-order valence-corrected chi connectivity index (χ0v) is 14.9. The number of piperidine rings is 1. The third-order valence-corrected chi connectivity index (χ3v) is 4.66. The highest BCUT2D eigenvalue weighted by Crippen LogP contribution is 2.34. The Kier molecular flexibility index (Phi) is 5.93. The predicted octanol–water partition coefficient (Wildman–Crippen LogP) is 3.82. The summed E-state index contributed by atoms with van der Waals surface area (Å²) in [6.07, 6.45) is 0.794. The third-order valence-electron chi connectivity index (χ3n) is 4.66. The summed E-state index contributed by atoms with van der Waals surface area (Å²) < 4.78 is 57.6. The molecule has 26 heavy (non-hydrogen) atoms. The van der Waals surface area contributed by atoms with E-state index in [-0.39, 0.29) is 11.5 Å². The van der Waals surface area contributed by atoms with Crippen molar-refractivity contribution >= 4 is 11.9 Å². The molecule has 1 aliphatic heterocycles. The topological polar surface area (TPSA) is 46.6 Å². The van der Waals surface area contributed by atoms with E-state index >= 15 is 0 Å². The van der Waals surface area contributed by atoms with Crippen molar-refractivity contribution in [2.45, 2.75) is 40.0 Å². The van der Waals surface area contributed by atoms with Crippen molar-refractivity contribution in [3.8, 4) is 5.75 Å². The maximum atomic E-state index is 13.5. The second-order valence-corrected chi connectivity index (χ2v) is 7.47. The van der Waals surface area contributed by atoms with Crippen LogP contribution >= 0.6 is 0 Å². The van der Waals surface area contributed by atoms with Crippen molar-refractivity contribution in [1.29, 1.82) is 0 Å². The lowest BCUT2D eigenvalue weighted by molar-refractivity contribution is -0.143. The Hall–Kier alpha value is -2.12. The second kappa shape index (κ2) is 7.63. The fourth-order valence-corrected chi connectivity index (χ4v) is 3.02. The fraction of sp³-hybridized carbons (Fsp3) is 0.556. The van der Waals surface area contributed by atoms with E-state index in [0.717, 1.165) is 12.8 Å². The van der Waals surface area contributed by atoms with Gasteiger partial charge in [-0.15, -0.1) is 0 Å². The van der Waals surface area contributed by atoms with E-state index in [1.807, 2.05) is 0 Å². The van der Waals surface area contributed by atoms with Gasteiger partial charge >= 0.3 is 5.97 Å². The SMILES string of the molecule is CC(C)(C)C1CCN(C(=O)CC(=O)Oc2c(F)c(F)cc(F)c2F)CC1. The summed E-state index contributed by atoms with van der Waals surface area (Å²) in [5.41, 5.74) is 0.116. The quantitative estimate of drug-likeness (QED) is 0.265. The molecule has 0 radical (unpaired) electrons. The molecule has 1 aromatic carbocycles. The van der Waals surface area contributed by atoms with Gasteiger partial charge in [0.05, 0.1) is 0 Å². The Labute approximate surface area is 149 Å². The molecule has 8 heteroatoms. The molecule has 2 rings (SSSR count). The molecule has 0 N–H and O–H groups in total. The average Bonchev–Trinajstić information content (AvgIpc) is 2.56. The van der Waals surface area contributed by atoms with E-state index in [0.29, 0.717) is 19.0 Å². The van der Waals surface area contributed by atoms with Crippen molar-refractivity contribution in [2.24, 2.45) is 11.3 Å². The summed E-state index contributed by atoms with van der Waals surface area (Å²) in [6, 6.07) is 0.00648. The van der Waals surface area contributed by atoms with Gasteiger partial charge < -0.3 is 9.64 Å². The fourth-order valence-electron chi connectivity index (χ4n) is 3.02. The van der Waals surface area contributed by atoms with E-state index in [9.17, 15) is 27.2 Å². The van der Waals surface area contributed by atoms with Crippen LogP contribution in [-0.4, -0.2) is 29.9 Å². The number of ether oxygens (including phenoxy) is 1. The Morgan fingerprint density at radius 2 is 1.58 bits per heavy atom. The third kappa shape index (κ3) is 4.53. The van der Waals surface area contributed by atoms with Crippen molar-refractivity contribution in [2.75, 3.05) is 13.1 Å². The summed E-state index contributed by atoms with van der Waals surface area (Å²) in [5, 5.41) is 0. The molecule has 1 aliphatic rings. The molecule has 0 aromatic heterocycles. The van der Waals surface area contributed by atoms with E-state index in [2.05, 4.69) is 25.5 Å². The molecule has 0 unspecified atom stereocenters. The number of rotatable bonds is 3. The zero-order valence-electron chi connectivity index (χ0n) is 14.9. The molecular formula is C18H21F4NO3. The van der Waals surface area contributed by atoms with E-state index in [1.165, 1.54) is 4.90 Å². The molecule has 1 amide bonds. The number of carbonyl (C=O) groups excluding carboxylic acids is 2. The van der Waals surface area contributed by atoms with Crippen LogP contribution in [0, 0.1) is 34.6 Å². The first-order chi connectivity index (χ1) is 12.0. The number of carbonyl (C=O) groups is 2. The molecule has 1 aromatic rings. The van der Waals surface area contributed by atoms with Crippen molar-refractivity contribution < 1.29 is 31.9 Å². The van der Waals surface area contributed by atoms with Crippen LogP contribution in [-0.2, 0) is 9.59 Å². The molecule has 1 fully saturated rings. The van der Waals surface area contributed by atoms with Gasteiger partial charge in [0.2, 0.25) is 23.3 Å². The first kappa shape index (κ1) is 20.2. The zero-order chi connectivity index (χ0) is 19.6. The Morgan fingerprint density at radius 3 is 2.04 bits per heavy atom. The summed E-state index contributed by atoms with van der Waals surface area (Å²) in [4.78, 5) is 25.4. The minimum atomic E-state index is -1.82. The summed E-state index contributed by atoms with van der Waals surface area (Å²) in [6.45, 7) is 7.28. The maximum Gasteiger partial charge on any atom is 0.320 e. The highest BCUT2D eigenvalue weighted by Gasteiger charge is 2.31. The molecule has 0 aliphatic carbocycles. The van der Waals surface area contributed by atoms with Crippen LogP contribution in [0.1, 0.15) is 40.0 Å². The number of hydrogen-bond acceptors (Lipinski definition) is 3. The molecule has 1 saturated heterocycles. The molecule has 0 spiro atoms. The summed E-state index contributed by atoms with van der Waals surface area (Å²) >= 11 is 0. The highest BCUT2D eigenvalue weighted by atomic mass is 19.2. The van der Waals surface area contributed by atoms with Gasteiger partial charge in [0.1, 0.15) is 6.42 Å². The van der Waals surface area contributed by atoms with Crippen LogP contribution in [0.4, 0.5) is 17.6 Å². The second-order valence-electron chi connectivity index (χ2n) is 7.47. The van der Waals surface area contributed by atoms with Crippen molar-refractivity contribution in [3.05, 3.63) is 29.3 Å². The molecular weight excluding hydrogens is 354 g/mol. The van der Waals surface area contributed by atoms with Gasteiger partial charge in [-0.3, -0.25) is 9.59 Å². The predicted molar refractivity (Wildman–Crippen MR) is 85.3 cm³/mol. The Morgan fingerprint density at radius 1 is 1.08 bits per heavy atom. The van der Waals surface area contributed by atoms with Crippen LogP contribution in [0.5, 0.6) is 5.75 Å². The maximum absolute atomic E-state index is 13.5. The van der Waals surface area contributed by atoms with Crippen LogP contribution in [0.25, 0.3) is 0 Å². The molecule has 144 valence electrons. The van der Waals surface area contributed by atoms with Crippen LogP contribution in [0.3, 0.4) is 0 Å². The smallest absolute Gasteiger partial charge is 0.320 e. The monoisotopic (exact) mass is 375 g/mol. The lowest BCUT2D eigenvalue weighted by Crippen LogP contribution is -2.42. The van der Waals surface area contributed by atoms with Gasteiger partial charge in [-0.2, -0.15) is 8.78 Å². The summed E-state index contributed by atoms with van der Waals surface area (Å²) in [5.74, 6) is -9.91. The van der Waals surface area contributed by atoms with Crippen LogP contribution < -0.4 is 4.74 Å². The van der Waals surface area contributed by atoms with E-state index in [4.69, 9.17) is 0 Å². The molecule has 0 saturated carbocycles. The van der Waals surface area contributed by atoms with Crippen LogP contribution in [0.15, 0.2) is 6.07 Å². The summed E-state index contributed by atoms with van der Waals surface area (Å²) in [7, 11) is 0. The van der Waals surface area contributed by atoms with Crippen LogP contribution in [0.2, 0.25) is 0 Å².